The first kappa shape index (κ1) is 46.2. The molecule has 366 valence electrons. The fourth-order valence-corrected chi connectivity index (χ4v) is 11.8. The van der Waals surface area contributed by atoms with Crippen LogP contribution in [-0.4, -0.2) is 19.9 Å². The third-order valence-corrected chi connectivity index (χ3v) is 15.3. The van der Waals surface area contributed by atoms with Gasteiger partial charge in [0.05, 0.1) is 0 Å². The fraction of sp³-hybridized carbons (Fsp3) is 0.0137. The van der Waals surface area contributed by atoms with E-state index in [9.17, 15) is 0 Å². The van der Waals surface area contributed by atoms with Crippen LogP contribution >= 0.6 is 0 Å². The van der Waals surface area contributed by atoms with E-state index in [-0.39, 0.29) is 0 Å². The molecule has 0 unspecified atom stereocenters. The van der Waals surface area contributed by atoms with Crippen LogP contribution in [0.1, 0.15) is 23.8 Å². The average molecular weight is 997 g/mol. The van der Waals surface area contributed by atoms with Gasteiger partial charge in [-0.3, -0.25) is 19.9 Å². The Morgan fingerprint density at radius 2 is 0.692 bits per heavy atom. The lowest BCUT2D eigenvalue weighted by molar-refractivity contribution is 0.603. The number of fused-ring (bicyclic) bond motifs is 5. The van der Waals surface area contributed by atoms with E-state index in [0.717, 1.165) is 116 Å². The minimum Gasteiger partial charge on any atom is -0.456 e. The summed E-state index contributed by atoms with van der Waals surface area (Å²) in [7, 11) is 0. The Morgan fingerprint density at radius 1 is 0.346 bits per heavy atom. The van der Waals surface area contributed by atoms with Crippen LogP contribution < -0.4 is 0 Å². The van der Waals surface area contributed by atoms with Crippen molar-refractivity contribution in [2.75, 3.05) is 0 Å². The van der Waals surface area contributed by atoms with Gasteiger partial charge in [-0.05, 0) is 202 Å². The average Bonchev–Trinajstić information content (AvgIpc) is 4.02. The summed E-state index contributed by atoms with van der Waals surface area (Å²) in [5.74, 6) is 0.727. The van der Waals surface area contributed by atoms with Crippen molar-refractivity contribution in [3.63, 3.8) is 0 Å². The number of allylic oxidation sites excluding steroid dienone is 1. The van der Waals surface area contributed by atoms with Crippen LogP contribution in [0, 0.1) is 0 Å². The van der Waals surface area contributed by atoms with Crippen LogP contribution in [-0.2, 0) is 0 Å². The second-order valence-corrected chi connectivity index (χ2v) is 19.9. The van der Waals surface area contributed by atoms with Crippen molar-refractivity contribution in [3.8, 4) is 77.9 Å². The Morgan fingerprint density at radius 3 is 1.05 bits per heavy atom. The van der Waals surface area contributed by atoms with Crippen LogP contribution in [0.4, 0.5) is 0 Å². The summed E-state index contributed by atoms with van der Waals surface area (Å²) < 4.78 is 6.84. The minimum atomic E-state index is 0.727. The molecule has 9 aromatic carbocycles. The predicted octanol–water partition coefficient (Wildman–Crippen LogP) is 19.5. The quantitative estimate of drug-likeness (QED) is 0.128. The number of nitrogens with zero attached hydrogens (tertiary/aromatic N) is 4. The number of aromatic nitrogens is 4. The Bertz CT molecular complexity index is 4450. The van der Waals surface area contributed by atoms with Crippen molar-refractivity contribution >= 4 is 71.8 Å². The molecule has 5 heteroatoms. The molecule has 0 fully saturated rings. The van der Waals surface area contributed by atoms with Crippen LogP contribution in [0.3, 0.4) is 0 Å². The van der Waals surface area contributed by atoms with Gasteiger partial charge >= 0.3 is 0 Å². The maximum Gasteiger partial charge on any atom is 0.136 e. The van der Waals surface area contributed by atoms with E-state index in [1.165, 1.54) is 38.2 Å². The highest BCUT2D eigenvalue weighted by Gasteiger charge is 2.22. The smallest absolute Gasteiger partial charge is 0.136 e. The first-order chi connectivity index (χ1) is 38.6. The van der Waals surface area contributed by atoms with Crippen molar-refractivity contribution in [2.45, 2.75) is 6.92 Å². The molecule has 5 heterocycles. The van der Waals surface area contributed by atoms with E-state index < -0.39 is 0 Å². The molecule has 0 aliphatic carbocycles. The maximum absolute atomic E-state index is 6.84. The molecular formula is C73H48N4O. The molecule has 14 rings (SSSR count). The Balaban J connectivity index is 0.919. The normalized spacial score (nSPS) is 11.8. The summed E-state index contributed by atoms with van der Waals surface area (Å²) in [6, 6.07) is 72.1. The molecule has 0 radical (unpaired) electrons. The highest BCUT2D eigenvalue weighted by atomic mass is 16.3. The van der Waals surface area contributed by atoms with Crippen molar-refractivity contribution in [1.82, 2.24) is 19.9 Å². The lowest BCUT2D eigenvalue weighted by Gasteiger charge is -2.19. The molecule has 5 nitrogen and oxygen atoms in total. The molecule has 0 spiro atoms. The zero-order valence-corrected chi connectivity index (χ0v) is 42.7. The summed E-state index contributed by atoms with van der Waals surface area (Å²) >= 11 is 0. The van der Waals surface area contributed by atoms with Crippen LogP contribution in [0.5, 0.6) is 0 Å². The summed E-state index contributed by atoms with van der Waals surface area (Å²) in [6.45, 7) is 6.51. The number of hydrogen-bond donors (Lipinski definition) is 0. The number of benzene rings is 9. The first-order valence-electron chi connectivity index (χ1n) is 26.2. The van der Waals surface area contributed by atoms with Crippen molar-refractivity contribution in [3.05, 3.63) is 273 Å². The van der Waals surface area contributed by atoms with E-state index in [1.54, 1.807) is 0 Å². The second-order valence-electron chi connectivity index (χ2n) is 19.9. The number of hydrogen-bond acceptors (Lipinski definition) is 5. The molecule has 78 heavy (non-hydrogen) atoms. The largest absolute Gasteiger partial charge is 0.456 e. The number of furan rings is 1. The molecule has 0 aliphatic rings. The SMILES string of the molecule is C=Cc1oc2cc(-c3c4ccccc4c(-c4cc(-c5cccnc5)cc(-c5cccnc5)c4)c4ccccc34)ccc2c1/C=C(\C)c1c2ccccc2c(-c2cc(-c3cccnc3)cc(-c3cccnc3)c2)c2ccccc12. The topological polar surface area (TPSA) is 64.7 Å². The molecule has 0 amide bonds. The van der Waals surface area contributed by atoms with Gasteiger partial charge in [0.25, 0.3) is 0 Å². The number of rotatable bonds is 10. The molecule has 0 saturated heterocycles. The van der Waals surface area contributed by atoms with Crippen molar-refractivity contribution in [2.24, 2.45) is 0 Å². The zero-order valence-electron chi connectivity index (χ0n) is 42.7. The standard InChI is InChI=1S/C73H48N4O/c1-3-68-67(34-46(2)70-59-20-4-6-22-61(59)72(62-23-7-5-21-60(62)70)56-37-52(48-16-12-30-74-42-48)35-53(38-56)49-17-13-31-75-43-49)58-29-28-47(41-69(58)78-68)71-63-24-8-10-26-65(63)73(66-27-11-9-25-64(66)71)57-39-54(50-18-14-32-76-44-50)36-55(40-57)51-19-15-33-77-45-51/h3-45H,1H2,2H3/b46-34+. The maximum atomic E-state index is 6.84. The molecule has 0 N–H and O–H groups in total. The summed E-state index contributed by atoms with van der Waals surface area (Å²) in [5, 5.41) is 10.4. The molecule has 14 aromatic rings. The van der Waals surface area contributed by atoms with Gasteiger partial charge < -0.3 is 4.42 Å². The van der Waals surface area contributed by atoms with E-state index in [1.807, 2.05) is 79.9 Å². The summed E-state index contributed by atoms with van der Waals surface area (Å²) in [6.07, 6.45) is 19.1. The lowest BCUT2D eigenvalue weighted by Crippen LogP contribution is -1.94. The summed E-state index contributed by atoms with van der Waals surface area (Å²) in [5.41, 5.74) is 19.5. The third-order valence-electron chi connectivity index (χ3n) is 15.3. The van der Waals surface area contributed by atoms with Crippen LogP contribution in [0.2, 0.25) is 0 Å². The van der Waals surface area contributed by atoms with Gasteiger partial charge in [0.15, 0.2) is 0 Å². The number of pyridine rings is 4. The monoisotopic (exact) mass is 996 g/mol. The third kappa shape index (κ3) is 8.04. The second kappa shape index (κ2) is 19.4. The zero-order chi connectivity index (χ0) is 52.1. The van der Waals surface area contributed by atoms with Gasteiger partial charge in [0.1, 0.15) is 11.3 Å². The first-order valence-corrected chi connectivity index (χ1v) is 26.2. The predicted molar refractivity (Wildman–Crippen MR) is 326 cm³/mol. The van der Waals surface area contributed by atoms with Crippen LogP contribution in [0.15, 0.2) is 261 Å². The van der Waals surface area contributed by atoms with E-state index in [2.05, 4.69) is 215 Å². The Hall–Kier alpha value is -10.4. The van der Waals surface area contributed by atoms with Gasteiger partial charge in [-0.1, -0.05) is 134 Å². The minimum absolute atomic E-state index is 0.727. The fourth-order valence-electron chi connectivity index (χ4n) is 11.8. The Labute approximate surface area is 451 Å². The van der Waals surface area contributed by atoms with Crippen molar-refractivity contribution < 1.29 is 4.42 Å². The molecule has 0 saturated carbocycles. The van der Waals surface area contributed by atoms with Gasteiger partial charge in [0.2, 0.25) is 0 Å². The van der Waals surface area contributed by atoms with E-state index in [4.69, 9.17) is 4.42 Å². The van der Waals surface area contributed by atoms with Crippen molar-refractivity contribution in [1.29, 1.82) is 0 Å². The molecule has 5 aromatic heterocycles. The molecule has 0 bridgehead atoms. The van der Waals surface area contributed by atoms with Crippen LogP contribution in [0.25, 0.3) is 150 Å². The molecule has 0 aliphatic heterocycles. The van der Waals surface area contributed by atoms with Gasteiger partial charge in [-0.25, -0.2) is 0 Å². The highest BCUT2D eigenvalue weighted by Crippen LogP contribution is 2.48. The molecular weight excluding hydrogens is 949 g/mol. The van der Waals surface area contributed by atoms with Gasteiger partial charge in [-0.2, -0.15) is 0 Å². The summed E-state index contributed by atoms with van der Waals surface area (Å²) in [4.78, 5) is 18.0. The van der Waals surface area contributed by atoms with E-state index in [0.29, 0.717) is 0 Å². The van der Waals surface area contributed by atoms with Gasteiger partial charge in [0, 0.05) is 82.8 Å². The lowest BCUT2D eigenvalue weighted by atomic mass is 9.84. The van der Waals surface area contributed by atoms with Gasteiger partial charge in [-0.15, -0.1) is 0 Å². The molecule has 0 atom stereocenters. The van der Waals surface area contributed by atoms with E-state index >= 15 is 0 Å². The highest BCUT2D eigenvalue weighted by molar-refractivity contribution is 6.23. The Kier molecular flexibility index (Phi) is 11.5.